The van der Waals surface area contributed by atoms with Gasteiger partial charge in [0.05, 0.1) is 24.5 Å². The number of nitrogens with two attached hydrogens (primary N) is 1. The molecule has 3 saturated carbocycles. The number of carboxylic acid groups (broad SMARTS) is 2. The predicted octanol–water partition coefficient (Wildman–Crippen LogP) is 2.84. The molecule has 0 saturated heterocycles. The van der Waals surface area contributed by atoms with Gasteiger partial charge in [0.25, 0.3) is 11.5 Å². The molecule has 392 valence electrons. The van der Waals surface area contributed by atoms with Crippen LogP contribution < -0.4 is 27.2 Å². The lowest BCUT2D eigenvalue weighted by atomic mass is 9.44. The van der Waals surface area contributed by atoms with Gasteiger partial charge in [0.1, 0.15) is 30.5 Å². The summed E-state index contributed by atoms with van der Waals surface area (Å²) in [6.07, 6.45) is -1.25. The number of aliphatic carboxylic acids is 2. The zero-order chi connectivity index (χ0) is 53.2. The van der Waals surface area contributed by atoms with Gasteiger partial charge in [-0.1, -0.05) is 41.5 Å². The fraction of sp³-hybridized carbons (Fsp3) is 0.511. The second-order valence-corrected chi connectivity index (χ2v) is 21.6. The molecule has 22 nitrogen and oxygen atoms in total. The van der Waals surface area contributed by atoms with Crippen molar-refractivity contribution < 1.29 is 72.2 Å². The van der Waals surface area contributed by atoms with Crippen LogP contribution in [0.3, 0.4) is 0 Å². The molecule has 11 atom stereocenters. The van der Waals surface area contributed by atoms with Crippen LogP contribution >= 0.6 is 21.6 Å². The van der Waals surface area contributed by atoms with E-state index < -0.39 is 124 Å². The molecule has 3 fully saturated rings. The number of ether oxygens (including phenoxy) is 2. The summed E-state index contributed by atoms with van der Waals surface area (Å²) in [7, 11) is 2.09. The Morgan fingerprint density at radius 3 is 2.40 bits per heavy atom. The minimum atomic E-state index is -2.41. The molecular weight excluding hydrogens is 1000 g/mol. The number of hydrogen-bond acceptors (Lipinski definition) is 19. The normalized spacial score (nSPS) is 28.8. The average molecular weight is 1060 g/mol. The topological polar surface area (TPSA) is 353 Å². The van der Waals surface area contributed by atoms with Crippen LogP contribution in [-0.4, -0.2) is 142 Å². The molecule has 0 radical (unpaired) electrons. The summed E-state index contributed by atoms with van der Waals surface area (Å²) in [5.74, 6) is -8.62. The van der Waals surface area contributed by atoms with Crippen molar-refractivity contribution in [2.75, 3.05) is 35.8 Å². The van der Waals surface area contributed by atoms with E-state index >= 15 is 8.78 Å². The van der Waals surface area contributed by atoms with Crippen molar-refractivity contribution in [3.63, 3.8) is 0 Å². The number of aromatic amines is 1. The standard InChI is InChI=1S/C47H54F2N8O14S2/c1-22-14-27-28-16-30(48)29-15-26(58)10-11-44(29,2)46(28,49)33(59)17-45(27,3)47(22,69)34(60)20-71-43(68)70-12-13-72-73-21-32(41(66)67)54-35(61)9-8-31(40(64)65)55-38(62)23-4-6-24(7-5-23)51-18-25-19-52-37-36(53-25)39(63)57-42(50)56-37/h4-7,10-11,15,19,22,27-28,30-33,51,59,69H,8-9,12-14,16-18,20-21H2,1-3H3,(H,54,61)(H,55,62)(H,64,65)(H,66,67)(H3,50,52,56,57,63). The fourth-order valence-corrected chi connectivity index (χ4v) is 12.9. The van der Waals surface area contributed by atoms with Crippen LogP contribution in [-0.2, 0) is 40.0 Å². The van der Waals surface area contributed by atoms with Crippen LogP contribution in [0.15, 0.2) is 59.1 Å². The van der Waals surface area contributed by atoms with Crippen LogP contribution in [0.25, 0.3) is 11.2 Å². The maximum Gasteiger partial charge on any atom is 0.508 e. The van der Waals surface area contributed by atoms with E-state index in [4.69, 9.17) is 15.2 Å². The quantitative estimate of drug-likeness (QED) is 0.0446. The van der Waals surface area contributed by atoms with Crippen molar-refractivity contribution in [1.29, 1.82) is 0 Å². The number of aromatic nitrogens is 4. The molecule has 4 aliphatic carbocycles. The summed E-state index contributed by atoms with van der Waals surface area (Å²) in [5, 5.41) is 50.8. The Balaban J connectivity index is 0.807. The fourth-order valence-electron chi connectivity index (χ4n) is 10.9. The van der Waals surface area contributed by atoms with Crippen LogP contribution in [0, 0.1) is 28.6 Å². The number of halogens is 2. The van der Waals surface area contributed by atoms with Crippen molar-refractivity contribution in [2.24, 2.45) is 28.6 Å². The number of allylic oxidation sites excluding steroid dienone is 4. The van der Waals surface area contributed by atoms with E-state index in [-0.39, 0.29) is 78.6 Å². The summed E-state index contributed by atoms with van der Waals surface area (Å²) in [6.45, 7) is 3.54. The highest BCUT2D eigenvalue weighted by Crippen LogP contribution is 2.71. The molecule has 10 N–H and O–H groups in total. The minimum Gasteiger partial charge on any atom is -0.480 e. The number of fused-ring (bicyclic) bond motifs is 6. The number of ketones is 2. The van der Waals surface area contributed by atoms with Crippen molar-refractivity contribution in [3.8, 4) is 0 Å². The molecule has 4 aliphatic rings. The number of carboxylic acids is 2. The monoisotopic (exact) mass is 1060 g/mol. The predicted molar refractivity (Wildman–Crippen MR) is 259 cm³/mol. The molecule has 0 spiro atoms. The third-order valence-electron chi connectivity index (χ3n) is 14.7. The highest BCUT2D eigenvalue weighted by molar-refractivity contribution is 8.76. The molecule has 7 rings (SSSR count). The van der Waals surface area contributed by atoms with E-state index in [1.807, 2.05) is 0 Å². The summed E-state index contributed by atoms with van der Waals surface area (Å²) in [6, 6.07) is 3.05. The number of nitrogens with zero attached hydrogens (tertiary/aromatic N) is 3. The summed E-state index contributed by atoms with van der Waals surface area (Å²) in [4.78, 5) is 115. The molecular formula is C47H54F2N8O14S2. The Bertz CT molecular complexity index is 2820. The zero-order valence-electron chi connectivity index (χ0n) is 39.6. The number of amides is 2. The molecule has 26 heteroatoms. The third kappa shape index (κ3) is 10.6. The maximum atomic E-state index is 17.5. The van der Waals surface area contributed by atoms with Gasteiger partial charge >= 0.3 is 18.1 Å². The Kier molecular flexibility index (Phi) is 16.0. The first-order valence-electron chi connectivity index (χ1n) is 23.1. The lowest BCUT2D eigenvalue weighted by Crippen LogP contribution is -2.70. The SMILES string of the molecule is CC1CC2C3CC(F)C4=CC(=O)C=CC4(C)C3(F)C(O)CC2(C)C1(O)C(=O)COC(=O)OCCSSCC(NC(=O)CCC(NC(=O)c1ccc(NCc2cnc3nc(N)[nH]c(=O)c3n2)cc1)C(=O)O)C(=O)O. The van der Waals surface area contributed by atoms with Gasteiger partial charge in [-0.2, -0.15) is 4.98 Å². The van der Waals surface area contributed by atoms with Gasteiger partial charge in [-0.25, -0.2) is 33.1 Å². The van der Waals surface area contributed by atoms with E-state index in [1.165, 1.54) is 31.3 Å². The number of anilines is 2. The van der Waals surface area contributed by atoms with E-state index in [9.17, 15) is 58.8 Å². The molecule has 0 aliphatic heterocycles. The lowest BCUT2D eigenvalue weighted by Gasteiger charge is -2.63. The summed E-state index contributed by atoms with van der Waals surface area (Å²) >= 11 is 0. The first kappa shape index (κ1) is 54.3. The molecule has 73 heavy (non-hydrogen) atoms. The van der Waals surface area contributed by atoms with Crippen molar-refractivity contribution in [3.05, 3.63) is 75.9 Å². The number of rotatable bonds is 20. The van der Waals surface area contributed by atoms with E-state index in [2.05, 4.69) is 35.9 Å². The van der Waals surface area contributed by atoms with E-state index in [0.717, 1.165) is 33.7 Å². The van der Waals surface area contributed by atoms with Crippen LogP contribution in [0.4, 0.5) is 25.2 Å². The van der Waals surface area contributed by atoms with Crippen molar-refractivity contribution in [1.82, 2.24) is 30.6 Å². The zero-order valence-corrected chi connectivity index (χ0v) is 41.2. The third-order valence-corrected chi connectivity index (χ3v) is 17.0. The molecule has 3 aromatic rings. The van der Waals surface area contributed by atoms with Gasteiger partial charge in [-0.05, 0) is 86.4 Å². The molecule has 1 aromatic carbocycles. The Morgan fingerprint density at radius 2 is 1.70 bits per heavy atom. The second-order valence-electron chi connectivity index (χ2n) is 19.0. The summed E-state index contributed by atoms with van der Waals surface area (Å²) < 4.78 is 43.3. The first-order chi connectivity index (χ1) is 34.4. The van der Waals surface area contributed by atoms with Crippen LogP contribution in [0.5, 0.6) is 0 Å². The van der Waals surface area contributed by atoms with E-state index in [0.29, 0.717) is 11.4 Å². The van der Waals surface area contributed by atoms with Gasteiger partial charge in [-0.15, -0.1) is 0 Å². The first-order valence-corrected chi connectivity index (χ1v) is 25.6. The number of nitrogen functional groups attached to an aromatic ring is 1. The number of nitrogens with one attached hydrogen (secondary N) is 4. The number of alkyl halides is 2. The van der Waals surface area contributed by atoms with Crippen LogP contribution in [0.1, 0.15) is 68.9 Å². The number of benzene rings is 1. The lowest BCUT2D eigenvalue weighted by molar-refractivity contribution is -0.224. The molecule has 2 amide bonds. The van der Waals surface area contributed by atoms with Gasteiger partial charge in [0, 0.05) is 45.9 Å². The largest absolute Gasteiger partial charge is 0.508 e. The number of Topliss-reactive ketones (excluding diaryl/α,β-unsaturated/α-hetero) is 1. The number of hydrogen-bond donors (Lipinski definition) is 9. The van der Waals surface area contributed by atoms with Gasteiger partial charge in [0.2, 0.25) is 17.6 Å². The smallest absolute Gasteiger partial charge is 0.480 e. The highest BCUT2D eigenvalue weighted by Gasteiger charge is 2.76. The minimum absolute atomic E-state index is 0.00145. The molecule has 2 heterocycles. The van der Waals surface area contributed by atoms with Crippen LogP contribution in [0.2, 0.25) is 0 Å². The summed E-state index contributed by atoms with van der Waals surface area (Å²) in [5.41, 5.74) is -1.64. The highest BCUT2D eigenvalue weighted by atomic mass is 33.1. The molecule has 11 unspecified atom stereocenters. The Labute approximate surface area is 422 Å². The number of aliphatic hydroxyl groups excluding tert-OH is 1. The number of carbonyl (C=O) groups excluding carboxylic acids is 5. The van der Waals surface area contributed by atoms with Gasteiger partial charge in [0.15, 0.2) is 29.2 Å². The van der Waals surface area contributed by atoms with Gasteiger partial charge in [-0.3, -0.25) is 29.0 Å². The number of aliphatic hydroxyl groups is 2. The Morgan fingerprint density at radius 1 is 0.986 bits per heavy atom. The maximum absolute atomic E-state index is 17.5. The van der Waals surface area contributed by atoms with Gasteiger partial charge < -0.3 is 51.6 Å². The number of carbonyl (C=O) groups is 7. The number of H-pyrrole nitrogens is 1. The Hall–Kier alpha value is -6.51. The molecule has 0 bridgehead atoms. The molecule has 2 aromatic heterocycles. The van der Waals surface area contributed by atoms with Crippen molar-refractivity contribution in [2.45, 2.75) is 95.0 Å². The second kappa shape index (κ2) is 21.5. The van der Waals surface area contributed by atoms with E-state index in [1.54, 1.807) is 26.0 Å². The average Bonchev–Trinajstić information content (AvgIpc) is 3.54. The van der Waals surface area contributed by atoms with Crippen molar-refractivity contribution >= 4 is 85.9 Å².